The number of nitrogens with zero attached hydrogens (tertiary/aromatic N) is 1. The Morgan fingerprint density at radius 1 is 0.800 bits per heavy atom. The van der Waals surface area contributed by atoms with E-state index in [1.807, 2.05) is 66.9 Å². The smallest absolute Gasteiger partial charge is 0.0874 e. The lowest BCUT2D eigenvalue weighted by Crippen LogP contribution is -2.25. The van der Waals surface area contributed by atoms with Gasteiger partial charge in [-0.15, -0.1) is 0 Å². The minimum absolute atomic E-state index is 0.238. The van der Waals surface area contributed by atoms with Crippen molar-refractivity contribution in [3.8, 4) is 0 Å². The van der Waals surface area contributed by atoms with Gasteiger partial charge >= 0.3 is 0 Å². The summed E-state index contributed by atoms with van der Waals surface area (Å²) in [5.74, 6) is 0. The van der Waals surface area contributed by atoms with Crippen molar-refractivity contribution in [3.05, 3.63) is 108 Å². The zero-order valence-electron chi connectivity index (χ0n) is 13.8. The van der Waals surface area contributed by atoms with Gasteiger partial charge in [0.1, 0.15) is 0 Å². The SMILES string of the molecule is ON(Cc1ccccc1)C(c1ccccc1)c1c[nH]c2ccccc12. The molecule has 1 aromatic heterocycles. The Labute approximate surface area is 147 Å². The first kappa shape index (κ1) is 15.6. The summed E-state index contributed by atoms with van der Waals surface area (Å²) in [6, 6.07) is 28.1. The number of aromatic amines is 1. The van der Waals surface area contributed by atoms with Gasteiger partial charge in [-0.3, -0.25) is 0 Å². The number of hydrogen-bond acceptors (Lipinski definition) is 2. The molecule has 25 heavy (non-hydrogen) atoms. The summed E-state index contributed by atoms with van der Waals surface area (Å²) in [6.07, 6.45) is 2.00. The van der Waals surface area contributed by atoms with Crippen molar-refractivity contribution in [3.63, 3.8) is 0 Å². The molecule has 0 aliphatic carbocycles. The summed E-state index contributed by atoms with van der Waals surface area (Å²) in [5, 5.41) is 13.5. The van der Waals surface area contributed by atoms with Gasteiger partial charge in [0.25, 0.3) is 0 Å². The van der Waals surface area contributed by atoms with Crippen LogP contribution in [0.4, 0.5) is 0 Å². The predicted molar refractivity (Wildman–Crippen MR) is 100 cm³/mol. The lowest BCUT2D eigenvalue weighted by atomic mass is 9.97. The van der Waals surface area contributed by atoms with Gasteiger partial charge in [-0.1, -0.05) is 78.9 Å². The van der Waals surface area contributed by atoms with E-state index in [9.17, 15) is 5.21 Å². The minimum atomic E-state index is -0.238. The Morgan fingerprint density at radius 3 is 2.20 bits per heavy atom. The van der Waals surface area contributed by atoms with Gasteiger partial charge in [-0.25, -0.2) is 0 Å². The van der Waals surface area contributed by atoms with E-state index in [4.69, 9.17) is 0 Å². The number of nitrogens with one attached hydrogen (secondary N) is 1. The van der Waals surface area contributed by atoms with E-state index in [0.29, 0.717) is 6.54 Å². The van der Waals surface area contributed by atoms with Crippen LogP contribution in [-0.2, 0) is 6.54 Å². The highest BCUT2D eigenvalue weighted by atomic mass is 16.5. The maximum Gasteiger partial charge on any atom is 0.0874 e. The summed E-state index contributed by atoms with van der Waals surface area (Å²) in [4.78, 5) is 3.32. The highest BCUT2D eigenvalue weighted by Crippen LogP contribution is 2.33. The van der Waals surface area contributed by atoms with Gasteiger partial charge in [0.05, 0.1) is 6.04 Å². The molecular formula is C22H20N2O. The van der Waals surface area contributed by atoms with Crippen LogP contribution in [0.2, 0.25) is 0 Å². The second kappa shape index (κ2) is 6.93. The second-order valence-corrected chi connectivity index (χ2v) is 6.19. The van der Waals surface area contributed by atoms with E-state index in [1.54, 1.807) is 0 Å². The van der Waals surface area contributed by atoms with Crippen LogP contribution in [0, 0.1) is 0 Å². The van der Waals surface area contributed by atoms with Gasteiger partial charge in [0, 0.05) is 29.2 Å². The first-order valence-corrected chi connectivity index (χ1v) is 8.43. The molecule has 4 aromatic rings. The first-order valence-electron chi connectivity index (χ1n) is 8.43. The zero-order valence-corrected chi connectivity index (χ0v) is 13.8. The van der Waals surface area contributed by atoms with Crippen LogP contribution in [0.1, 0.15) is 22.7 Å². The van der Waals surface area contributed by atoms with Gasteiger partial charge < -0.3 is 10.2 Å². The second-order valence-electron chi connectivity index (χ2n) is 6.19. The largest absolute Gasteiger partial charge is 0.361 e. The predicted octanol–water partition coefficient (Wildman–Crippen LogP) is 5.15. The molecule has 1 atom stereocenters. The van der Waals surface area contributed by atoms with E-state index in [1.165, 1.54) is 5.06 Å². The molecule has 2 N–H and O–H groups in total. The molecule has 0 radical (unpaired) electrons. The molecule has 0 aliphatic heterocycles. The number of H-pyrrole nitrogens is 1. The third-order valence-electron chi connectivity index (χ3n) is 4.52. The maximum atomic E-state index is 11.0. The van der Waals surface area contributed by atoms with E-state index in [2.05, 4.69) is 29.2 Å². The Bertz CT molecular complexity index is 947. The molecule has 4 rings (SSSR count). The number of hydrogen-bond donors (Lipinski definition) is 2. The van der Waals surface area contributed by atoms with Gasteiger partial charge in [0.2, 0.25) is 0 Å². The summed E-state index contributed by atoms with van der Waals surface area (Å²) in [7, 11) is 0. The van der Waals surface area contributed by atoms with Crippen molar-refractivity contribution < 1.29 is 5.21 Å². The number of para-hydroxylation sites is 1. The molecule has 0 spiro atoms. The van der Waals surface area contributed by atoms with E-state index in [0.717, 1.165) is 27.6 Å². The number of rotatable bonds is 5. The average Bonchev–Trinajstić information content (AvgIpc) is 3.08. The summed E-state index contributed by atoms with van der Waals surface area (Å²) < 4.78 is 0. The normalized spacial score (nSPS) is 12.6. The van der Waals surface area contributed by atoms with Crippen LogP contribution in [0.15, 0.2) is 91.1 Å². The molecule has 3 aromatic carbocycles. The quantitative estimate of drug-likeness (QED) is 0.497. The average molecular weight is 328 g/mol. The van der Waals surface area contributed by atoms with Crippen molar-refractivity contribution in [1.29, 1.82) is 0 Å². The third-order valence-corrected chi connectivity index (χ3v) is 4.52. The fourth-order valence-corrected chi connectivity index (χ4v) is 3.33. The topological polar surface area (TPSA) is 39.3 Å². The molecule has 0 aliphatic rings. The maximum absolute atomic E-state index is 11.0. The van der Waals surface area contributed by atoms with Crippen LogP contribution in [0.5, 0.6) is 0 Å². The molecular weight excluding hydrogens is 308 g/mol. The number of hydroxylamine groups is 2. The minimum Gasteiger partial charge on any atom is -0.361 e. The Morgan fingerprint density at radius 2 is 1.44 bits per heavy atom. The lowest BCUT2D eigenvalue weighted by molar-refractivity contribution is -0.125. The molecule has 0 saturated heterocycles. The first-order chi connectivity index (χ1) is 12.3. The van der Waals surface area contributed by atoms with Crippen molar-refractivity contribution in [2.45, 2.75) is 12.6 Å². The van der Waals surface area contributed by atoms with Crippen LogP contribution in [-0.4, -0.2) is 15.3 Å². The van der Waals surface area contributed by atoms with Crippen molar-refractivity contribution in [2.75, 3.05) is 0 Å². The van der Waals surface area contributed by atoms with Crippen LogP contribution >= 0.6 is 0 Å². The Hall–Kier alpha value is -2.88. The van der Waals surface area contributed by atoms with Crippen LogP contribution in [0.25, 0.3) is 10.9 Å². The molecule has 0 saturated carbocycles. The third kappa shape index (κ3) is 3.20. The number of aromatic nitrogens is 1. The van der Waals surface area contributed by atoms with Crippen molar-refractivity contribution >= 4 is 10.9 Å². The Kier molecular flexibility index (Phi) is 4.34. The lowest BCUT2D eigenvalue weighted by Gasteiger charge is -2.26. The molecule has 1 heterocycles. The molecule has 0 fully saturated rings. The van der Waals surface area contributed by atoms with Crippen LogP contribution in [0.3, 0.4) is 0 Å². The molecule has 124 valence electrons. The van der Waals surface area contributed by atoms with Crippen molar-refractivity contribution in [1.82, 2.24) is 10.0 Å². The Balaban J connectivity index is 1.77. The molecule has 0 amide bonds. The molecule has 0 bridgehead atoms. The summed E-state index contributed by atoms with van der Waals surface area (Å²) in [6.45, 7) is 0.458. The highest BCUT2D eigenvalue weighted by molar-refractivity contribution is 5.84. The molecule has 1 unspecified atom stereocenters. The molecule has 3 heteroatoms. The highest BCUT2D eigenvalue weighted by Gasteiger charge is 2.24. The fraction of sp³-hybridized carbons (Fsp3) is 0.0909. The summed E-state index contributed by atoms with van der Waals surface area (Å²) >= 11 is 0. The fourth-order valence-electron chi connectivity index (χ4n) is 3.33. The number of benzene rings is 3. The van der Waals surface area contributed by atoms with Gasteiger partial charge in [-0.05, 0) is 17.2 Å². The summed E-state index contributed by atoms with van der Waals surface area (Å²) in [5.41, 5.74) is 4.28. The van der Waals surface area contributed by atoms with Gasteiger partial charge in [-0.2, -0.15) is 5.06 Å². The van der Waals surface area contributed by atoms with Crippen LogP contribution < -0.4 is 0 Å². The van der Waals surface area contributed by atoms with Gasteiger partial charge in [0.15, 0.2) is 0 Å². The van der Waals surface area contributed by atoms with E-state index < -0.39 is 0 Å². The molecule has 3 nitrogen and oxygen atoms in total. The standard InChI is InChI=1S/C22H20N2O/c25-24(16-17-9-3-1-4-10-17)22(18-11-5-2-6-12-18)20-15-23-21-14-8-7-13-19(20)21/h1-15,22-23,25H,16H2. The van der Waals surface area contributed by atoms with Crippen molar-refractivity contribution in [2.24, 2.45) is 0 Å². The zero-order chi connectivity index (χ0) is 17.1. The monoisotopic (exact) mass is 328 g/mol. The van der Waals surface area contributed by atoms with E-state index in [-0.39, 0.29) is 6.04 Å². The van der Waals surface area contributed by atoms with E-state index >= 15 is 0 Å². The number of fused-ring (bicyclic) bond motifs is 1.